The molecular weight excluding hydrogens is 228 g/mol. The van der Waals surface area contributed by atoms with Gasteiger partial charge in [-0.25, -0.2) is 0 Å². The summed E-state index contributed by atoms with van der Waals surface area (Å²) in [6, 6.07) is 11.9. The van der Waals surface area contributed by atoms with Crippen molar-refractivity contribution in [3.05, 3.63) is 41.1 Å². The van der Waals surface area contributed by atoms with Crippen molar-refractivity contribution in [3.63, 3.8) is 0 Å². The van der Waals surface area contributed by atoms with Gasteiger partial charge < -0.3 is 10.4 Å². The highest BCUT2D eigenvalue weighted by molar-refractivity contribution is 5.61. The first-order valence-electron chi connectivity index (χ1n) is 5.12. The fraction of sp³-hybridized carbons (Fsp3) is 0.154. The first kappa shape index (κ1) is 13.3. The molecule has 0 bridgehead atoms. The van der Waals surface area contributed by atoms with Gasteiger partial charge >= 0.3 is 0 Å². The average molecular weight is 238 g/mol. The third kappa shape index (κ3) is 2.86. The summed E-state index contributed by atoms with van der Waals surface area (Å²) in [6.07, 6.45) is -0.721. The van der Waals surface area contributed by atoms with Gasteiger partial charge in [-0.1, -0.05) is 18.2 Å². The van der Waals surface area contributed by atoms with E-state index < -0.39 is 6.10 Å². The van der Waals surface area contributed by atoms with E-state index >= 15 is 0 Å². The second-order valence-electron chi connectivity index (χ2n) is 3.47. The van der Waals surface area contributed by atoms with Gasteiger partial charge in [0.05, 0.1) is 6.10 Å². The van der Waals surface area contributed by atoms with Gasteiger partial charge in [-0.15, -0.1) is 0 Å². The van der Waals surface area contributed by atoms with Crippen LogP contribution >= 0.6 is 0 Å². The van der Waals surface area contributed by atoms with E-state index in [0.717, 1.165) is 0 Å². The maximum Gasteiger partial charge on any atom is 0.163 e. The normalized spacial score (nSPS) is 10.4. The summed E-state index contributed by atoms with van der Waals surface area (Å²) in [7, 11) is 0. The summed E-state index contributed by atoms with van der Waals surface area (Å²) in [5, 5.41) is 38.6. The molecule has 1 unspecified atom stereocenters. The van der Waals surface area contributed by atoms with Crippen LogP contribution in [0.1, 0.15) is 18.6 Å². The Balaban J connectivity index is 3.21. The van der Waals surface area contributed by atoms with Crippen LogP contribution < -0.4 is 5.32 Å². The van der Waals surface area contributed by atoms with Gasteiger partial charge in [-0.2, -0.15) is 15.8 Å². The topological polar surface area (TPSA) is 104 Å². The van der Waals surface area contributed by atoms with E-state index in [9.17, 15) is 5.11 Å². The van der Waals surface area contributed by atoms with E-state index in [1.54, 1.807) is 49.4 Å². The molecule has 0 spiro atoms. The second-order valence-corrected chi connectivity index (χ2v) is 3.47. The highest BCUT2D eigenvalue weighted by Gasteiger charge is 2.11. The van der Waals surface area contributed by atoms with Crippen molar-refractivity contribution < 1.29 is 5.11 Å². The van der Waals surface area contributed by atoms with Crippen LogP contribution in [0.4, 0.5) is 5.69 Å². The van der Waals surface area contributed by atoms with Crippen LogP contribution in [-0.2, 0) is 0 Å². The molecule has 18 heavy (non-hydrogen) atoms. The van der Waals surface area contributed by atoms with Crippen molar-refractivity contribution in [1.29, 1.82) is 15.8 Å². The summed E-state index contributed by atoms with van der Waals surface area (Å²) in [5.74, 6) is 0. The van der Waals surface area contributed by atoms with Crippen LogP contribution in [0.5, 0.6) is 0 Å². The molecule has 5 heteroatoms. The Hall–Kier alpha value is -2.81. The Morgan fingerprint density at radius 1 is 1.17 bits per heavy atom. The fourth-order valence-electron chi connectivity index (χ4n) is 1.39. The summed E-state index contributed by atoms with van der Waals surface area (Å²) in [4.78, 5) is 0. The molecule has 88 valence electrons. The number of nitriles is 3. The molecule has 2 N–H and O–H groups in total. The first-order chi connectivity index (χ1) is 8.63. The quantitative estimate of drug-likeness (QED) is 0.783. The predicted molar refractivity (Wildman–Crippen MR) is 64.6 cm³/mol. The zero-order valence-electron chi connectivity index (χ0n) is 9.68. The zero-order chi connectivity index (χ0) is 13.5. The Kier molecular flexibility index (Phi) is 4.46. The van der Waals surface area contributed by atoms with Gasteiger partial charge in [-0.3, -0.25) is 0 Å². The zero-order valence-corrected chi connectivity index (χ0v) is 9.68. The summed E-state index contributed by atoms with van der Waals surface area (Å²) in [6.45, 7) is 1.59. The predicted octanol–water partition coefficient (Wildman–Crippen LogP) is 1.98. The van der Waals surface area contributed by atoms with Crippen LogP contribution in [-0.4, -0.2) is 5.11 Å². The van der Waals surface area contributed by atoms with Gasteiger partial charge in [0.2, 0.25) is 0 Å². The SMILES string of the molecule is CC(O)c1ccccc1NC(C#N)=C(C#N)C#N. The number of hydrogen-bond donors (Lipinski definition) is 2. The Labute approximate surface area is 105 Å². The maximum atomic E-state index is 9.57. The van der Waals surface area contributed by atoms with E-state index in [1.807, 2.05) is 0 Å². The molecule has 0 radical (unpaired) electrons. The number of allylic oxidation sites excluding steroid dienone is 2. The summed E-state index contributed by atoms with van der Waals surface area (Å²) in [5.41, 5.74) is 0.651. The lowest BCUT2D eigenvalue weighted by molar-refractivity contribution is 0.200. The molecule has 1 rings (SSSR count). The first-order valence-corrected chi connectivity index (χ1v) is 5.12. The summed E-state index contributed by atoms with van der Waals surface area (Å²) < 4.78 is 0. The van der Waals surface area contributed by atoms with Gasteiger partial charge in [0, 0.05) is 11.3 Å². The molecule has 1 aromatic rings. The van der Waals surface area contributed by atoms with Crippen LogP contribution in [0, 0.1) is 34.0 Å². The minimum atomic E-state index is -0.721. The van der Waals surface area contributed by atoms with Gasteiger partial charge in [-0.05, 0) is 13.0 Å². The smallest absolute Gasteiger partial charge is 0.163 e. The van der Waals surface area contributed by atoms with E-state index in [2.05, 4.69) is 5.32 Å². The monoisotopic (exact) mass is 238 g/mol. The molecule has 0 heterocycles. The lowest BCUT2D eigenvalue weighted by Gasteiger charge is -2.12. The van der Waals surface area contributed by atoms with Gasteiger partial charge in [0.1, 0.15) is 23.9 Å². The van der Waals surface area contributed by atoms with Crippen LogP contribution in [0.25, 0.3) is 0 Å². The molecular formula is C13H10N4O. The van der Waals surface area contributed by atoms with E-state index in [-0.39, 0.29) is 11.3 Å². The largest absolute Gasteiger partial charge is 0.389 e. The molecule has 0 saturated heterocycles. The van der Waals surface area contributed by atoms with Crippen molar-refractivity contribution in [3.8, 4) is 18.2 Å². The fourth-order valence-corrected chi connectivity index (χ4v) is 1.39. The minimum absolute atomic E-state index is 0.131. The third-order valence-corrected chi connectivity index (χ3v) is 2.26. The molecule has 0 saturated carbocycles. The number of anilines is 1. The number of nitrogens with zero attached hydrogens (tertiary/aromatic N) is 3. The van der Waals surface area contributed by atoms with Crippen LogP contribution in [0.3, 0.4) is 0 Å². The number of nitrogens with one attached hydrogen (secondary N) is 1. The third-order valence-electron chi connectivity index (χ3n) is 2.26. The standard InChI is InChI=1S/C13H10N4O/c1-9(18)11-4-2-3-5-12(11)17-13(8-16)10(6-14)7-15/h2-5,9,17-18H,1H3. The number of aliphatic hydroxyl groups is 1. The maximum absolute atomic E-state index is 9.57. The molecule has 0 fully saturated rings. The average Bonchev–Trinajstić information content (AvgIpc) is 2.39. The Morgan fingerprint density at radius 2 is 1.78 bits per heavy atom. The lowest BCUT2D eigenvalue weighted by Crippen LogP contribution is -2.04. The van der Waals surface area contributed by atoms with Crippen molar-refractivity contribution in [2.45, 2.75) is 13.0 Å². The van der Waals surface area contributed by atoms with Crippen molar-refractivity contribution in [2.75, 3.05) is 5.32 Å². The van der Waals surface area contributed by atoms with E-state index in [0.29, 0.717) is 11.3 Å². The van der Waals surface area contributed by atoms with Crippen LogP contribution in [0.2, 0.25) is 0 Å². The molecule has 1 atom stereocenters. The van der Waals surface area contributed by atoms with Crippen molar-refractivity contribution in [2.24, 2.45) is 0 Å². The van der Waals surface area contributed by atoms with Crippen molar-refractivity contribution >= 4 is 5.69 Å². The minimum Gasteiger partial charge on any atom is -0.389 e. The Bertz CT molecular complexity index is 581. The second kappa shape index (κ2) is 6.06. The molecule has 0 aliphatic carbocycles. The molecule has 5 nitrogen and oxygen atoms in total. The van der Waals surface area contributed by atoms with Crippen LogP contribution in [0.15, 0.2) is 35.5 Å². The lowest BCUT2D eigenvalue weighted by atomic mass is 10.1. The van der Waals surface area contributed by atoms with E-state index in [4.69, 9.17) is 15.8 Å². The summed E-state index contributed by atoms with van der Waals surface area (Å²) >= 11 is 0. The molecule has 0 aromatic heterocycles. The van der Waals surface area contributed by atoms with Gasteiger partial charge in [0.15, 0.2) is 5.57 Å². The number of para-hydroxylation sites is 1. The number of hydrogen-bond acceptors (Lipinski definition) is 5. The number of rotatable bonds is 3. The number of benzene rings is 1. The van der Waals surface area contributed by atoms with E-state index in [1.165, 1.54) is 0 Å². The molecule has 0 amide bonds. The molecule has 0 aliphatic heterocycles. The molecule has 0 aliphatic rings. The highest BCUT2D eigenvalue weighted by Crippen LogP contribution is 2.23. The number of aliphatic hydroxyl groups excluding tert-OH is 1. The van der Waals surface area contributed by atoms with Gasteiger partial charge in [0.25, 0.3) is 0 Å². The molecule has 1 aromatic carbocycles. The Morgan fingerprint density at radius 3 is 2.28 bits per heavy atom. The van der Waals surface area contributed by atoms with Crippen molar-refractivity contribution in [1.82, 2.24) is 0 Å². The highest BCUT2D eigenvalue weighted by atomic mass is 16.3.